The third-order valence-electron chi connectivity index (χ3n) is 4.66. The molecule has 3 aromatic carbocycles. The molecule has 2 N–H and O–H groups in total. The maximum atomic E-state index is 14.4. The molecule has 0 unspecified atom stereocenters. The van der Waals surface area contributed by atoms with E-state index in [2.05, 4.69) is 5.32 Å². The zero-order valence-electron chi connectivity index (χ0n) is 17.1. The van der Waals surface area contributed by atoms with Gasteiger partial charge in [0.15, 0.2) is 0 Å². The Bertz CT molecular complexity index is 1170. The maximum absolute atomic E-state index is 14.4. The number of hydrogen-bond donors (Lipinski definition) is 2. The van der Waals surface area contributed by atoms with Gasteiger partial charge in [-0.15, -0.1) is 0 Å². The Morgan fingerprint density at radius 2 is 1.81 bits per heavy atom. The summed E-state index contributed by atoms with van der Waals surface area (Å²) in [5.74, 6) is -2.69. The van der Waals surface area contributed by atoms with Gasteiger partial charge in [0.05, 0.1) is 17.7 Å². The third kappa shape index (κ3) is 5.42. The van der Waals surface area contributed by atoms with Crippen molar-refractivity contribution in [2.24, 2.45) is 0 Å². The summed E-state index contributed by atoms with van der Waals surface area (Å²) in [4.78, 5) is 23.7. The molecule has 0 aliphatic rings. The summed E-state index contributed by atoms with van der Waals surface area (Å²) in [7, 11) is 0. The summed E-state index contributed by atoms with van der Waals surface area (Å²) in [6.07, 6.45) is 0.749. The first-order valence-electron chi connectivity index (χ1n) is 9.82. The summed E-state index contributed by atoms with van der Waals surface area (Å²) in [5, 5.41) is 12.0. The van der Waals surface area contributed by atoms with Crippen LogP contribution in [0, 0.1) is 11.6 Å². The highest BCUT2D eigenvalue weighted by atomic mass is 35.5. The molecular formula is C24H20ClF2NO4. The van der Waals surface area contributed by atoms with E-state index in [0.29, 0.717) is 23.5 Å². The van der Waals surface area contributed by atoms with E-state index in [1.54, 1.807) is 18.2 Å². The number of carboxylic acid groups (broad SMARTS) is 1. The van der Waals surface area contributed by atoms with Gasteiger partial charge in [0, 0.05) is 22.7 Å². The fourth-order valence-electron chi connectivity index (χ4n) is 3.06. The molecule has 0 saturated carbocycles. The predicted molar refractivity (Wildman–Crippen MR) is 117 cm³/mol. The van der Waals surface area contributed by atoms with Gasteiger partial charge in [0.25, 0.3) is 5.91 Å². The molecule has 8 heteroatoms. The van der Waals surface area contributed by atoms with Gasteiger partial charge in [-0.25, -0.2) is 13.6 Å². The van der Waals surface area contributed by atoms with Gasteiger partial charge in [-0.2, -0.15) is 0 Å². The number of halogens is 3. The highest BCUT2D eigenvalue weighted by Gasteiger charge is 2.16. The number of ether oxygens (including phenoxy) is 1. The van der Waals surface area contributed by atoms with Crippen molar-refractivity contribution in [1.29, 1.82) is 0 Å². The number of nitrogens with one attached hydrogen (secondary N) is 1. The maximum Gasteiger partial charge on any atom is 0.335 e. The summed E-state index contributed by atoms with van der Waals surface area (Å²) < 4.78 is 34.2. The number of carbonyl (C=O) groups is 2. The van der Waals surface area contributed by atoms with E-state index < -0.39 is 23.5 Å². The van der Waals surface area contributed by atoms with Gasteiger partial charge >= 0.3 is 5.97 Å². The predicted octanol–water partition coefficient (Wildman–Crippen LogP) is 5.70. The molecule has 0 aliphatic carbocycles. The van der Waals surface area contributed by atoms with Crippen LogP contribution < -0.4 is 10.1 Å². The van der Waals surface area contributed by atoms with Crippen LogP contribution in [0.1, 0.15) is 39.6 Å². The van der Waals surface area contributed by atoms with Crippen molar-refractivity contribution in [2.45, 2.75) is 19.9 Å². The Kier molecular flexibility index (Phi) is 7.43. The lowest BCUT2D eigenvalue weighted by Crippen LogP contribution is -2.24. The van der Waals surface area contributed by atoms with E-state index in [9.17, 15) is 23.5 Å². The summed E-state index contributed by atoms with van der Waals surface area (Å²) in [6.45, 7) is 2.34. The average Bonchev–Trinajstić information content (AvgIpc) is 2.76. The normalized spacial score (nSPS) is 10.6. The summed E-state index contributed by atoms with van der Waals surface area (Å²) in [5.41, 5.74) is 0.820. The number of hydrogen-bond acceptors (Lipinski definition) is 3. The molecule has 0 atom stereocenters. The van der Waals surface area contributed by atoms with Gasteiger partial charge in [-0.1, -0.05) is 24.6 Å². The molecule has 0 aromatic heterocycles. The Morgan fingerprint density at radius 1 is 1.03 bits per heavy atom. The van der Waals surface area contributed by atoms with Crippen molar-refractivity contribution >= 4 is 23.5 Å². The van der Waals surface area contributed by atoms with Crippen LogP contribution in [-0.4, -0.2) is 23.6 Å². The molecule has 3 aromatic rings. The second kappa shape index (κ2) is 10.2. The minimum atomic E-state index is -1.17. The Morgan fingerprint density at radius 3 is 2.50 bits per heavy atom. The number of rotatable bonds is 8. The molecule has 0 spiro atoms. The molecule has 32 heavy (non-hydrogen) atoms. The zero-order valence-corrected chi connectivity index (χ0v) is 17.9. The fraction of sp³-hybridized carbons (Fsp3) is 0.167. The molecular weight excluding hydrogens is 440 g/mol. The first-order chi connectivity index (χ1) is 15.3. The highest BCUT2D eigenvalue weighted by Crippen LogP contribution is 2.30. The van der Waals surface area contributed by atoms with Crippen LogP contribution in [0.15, 0.2) is 54.6 Å². The number of aromatic carboxylic acids is 1. The van der Waals surface area contributed by atoms with Crippen molar-refractivity contribution in [2.75, 3.05) is 6.61 Å². The molecule has 5 nitrogen and oxygen atoms in total. The molecule has 0 aliphatic heterocycles. The Hall–Kier alpha value is -3.45. The molecule has 3 rings (SSSR count). The van der Waals surface area contributed by atoms with Crippen LogP contribution in [0.5, 0.6) is 5.75 Å². The number of amides is 1. The van der Waals surface area contributed by atoms with Gasteiger partial charge in [0.1, 0.15) is 17.4 Å². The minimum Gasteiger partial charge on any atom is -0.493 e. The highest BCUT2D eigenvalue weighted by molar-refractivity contribution is 6.30. The fourth-order valence-corrected chi connectivity index (χ4v) is 3.22. The Balaban J connectivity index is 1.92. The van der Waals surface area contributed by atoms with Crippen molar-refractivity contribution in [3.05, 3.63) is 87.9 Å². The van der Waals surface area contributed by atoms with Crippen molar-refractivity contribution in [1.82, 2.24) is 5.32 Å². The van der Waals surface area contributed by atoms with Crippen molar-refractivity contribution in [3.63, 3.8) is 0 Å². The van der Waals surface area contributed by atoms with Crippen LogP contribution in [0.2, 0.25) is 5.02 Å². The molecule has 0 radical (unpaired) electrons. The quantitative estimate of drug-likeness (QED) is 0.453. The van der Waals surface area contributed by atoms with Crippen LogP contribution in [-0.2, 0) is 6.54 Å². The van der Waals surface area contributed by atoms with Crippen LogP contribution in [0.4, 0.5) is 8.78 Å². The SMILES string of the molecule is CCCOc1ccc(-c2cc(C(=O)O)ccc2F)cc1CNC(=O)c1ccc(Cl)cc1F. The number of carboxylic acids is 1. The van der Waals surface area contributed by atoms with E-state index in [0.717, 1.165) is 18.6 Å². The lowest BCUT2D eigenvalue weighted by atomic mass is 9.99. The molecule has 0 saturated heterocycles. The van der Waals surface area contributed by atoms with Crippen molar-refractivity contribution in [3.8, 4) is 16.9 Å². The lowest BCUT2D eigenvalue weighted by Gasteiger charge is -2.15. The summed E-state index contributed by atoms with van der Waals surface area (Å²) in [6, 6.07) is 12.1. The Labute approximate surface area is 188 Å². The van der Waals surface area contributed by atoms with E-state index >= 15 is 0 Å². The van der Waals surface area contributed by atoms with E-state index in [1.165, 1.54) is 24.3 Å². The molecule has 0 bridgehead atoms. The first kappa shape index (κ1) is 23.2. The zero-order chi connectivity index (χ0) is 23.3. The monoisotopic (exact) mass is 459 g/mol. The second-order valence-electron chi connectivity index (χ2n) is 6.98. The van der Waals surface area contributed by atoms with Gasteiger partial charge in [0.2, 0.25) is 0 Å². The number of benzene rings is 3. The van der Waals surface area contributed by atoms with Gasteiger partial charge < -0.3 is 15.2 Å². The second-order valence-corrected chi connectivity index (χ2v) is 7.41. The van der Waals surface area contributed by atoms with Gasteiger partial charge in [-0.05, 0) is 60.5 Å². The van der Waals surface area contributed by atoms with Gasteiger partial charge in [-0.3, -0.25) is 4.79 Å². The number of carbonyl (C=O) groups excluding carboxylic acids is 1. The lowest BCUT2D eigenvalue weighted by molar-refractivity contribution is 0.0696. The molecule has 0 heterocycles. The third-order valence-corrected chi connectivity index (χ3v) is 4.90. The molecule has 0 fully saturated rings. The van der Waals surface area contributed by atoms with E-state index in [4.69, 9.17) is 16.3 Å². The largest absolute Gasteiger partial charge is 0.493 e. The van der Waals surface area contributed by atoms with Crippen LogP contribution in [0.3, 0.4) is 0 Å². The standard InChI is InChI=1S/C24H20ClF2NO4/c1-2-9-32-22-8-4-14(19-11-15(24(30)31)3-7-20(19)26)10-16(22)13-28-23(29)18-6-5-17(25)12-21(18)27/h3-8,10-12H,2,9,13H2,1H3,(H,28,29)(H,30,31). The topological polar surface area (TPSA) is 75.6 Å². The smallest absolute Gasteiger partial charge is 0.335 e. The average molecular weight is 460 g/mol. The van der Waals surface area contributed by atoms with E-state index in [1.807, 2.05) is 6.92 Å². The van der Waals surface area contributed by atoms with Crippen LogP contribution >= 0.6 is 11.6 Å². The molecule has 1 amide bonds. The first-order valence-corrected chi connectivity index (χ1v) is 10.2. The van der Waals surface area contributed by atoms with Crippen LogP contribution in [0.25, 0.3) is 11.1 Å². The van der Waals surface area contributed by atoms with E-state index in [-0.39, 0.29) is 28.3 Å². The summed E-state index contributed by atoms with van der Waals surface area (Å²) >= 11 is 5.73. The minimum absolute atomic E-state index is 0.0198. The molecule has 166 valence electrons. The van der Waals surface area contributed by atoms with Crippen molar-refractivity contribution < 1.29 is 28.2 Å².